The Bertz CT molecular complexity index is 1180. The van der Waals surface area contributed by atoms with Crippen LogP contribution in [0, 0.1) is 0 Å². The van der Waals surface area contributed by atoms with Crippen LogP contribution < -0.4 is 15.5 Å². The van der Waals surface area contributed by atoms with Crippen molar-refractivity contribution in [2.45, 2.75) is 38.8 Å². The van der Waals surface area contributed by atoms with Crippen LogP contribution in [-0.2, 0) is 24.4 Å². The van der Waals surface area contributed by atoms with E-state index < -0.39 is 5.91 Å². The number of hydrogen-bond acceptors (Lipinski definition) is 5. The number of anilines is 2. The maximum absolute atomic E-state index is 12.2. The van der Waals surface area contributed by atoms with E-state index in [2.05, 4.69) is 10.00 Å². The Hall–Kier alpha value is -3.65. The average Bonchev–Trinajstić information content (AvgIpc) is 3.24. The summed E-state index contributed by atoms with van der Waals surface area (Å²) in [4.78, 5) is 28.4. The van der Waals surface area contributed by atoms with Gasteiger partial charge >= 0.3 is 0 Å². The zero-order valence-electron chi connectivity index (χ0n) is 18.4. The van der Waals surface area contributed by atoms with E-state index in [0.717, 1.165) is 59.8 Å². The van der Waals surface area contributed by atoms with Crippen LogP contribution in [-0.4, -0.2) is 39.8 Å². The van der Waals surface area contributed by atoms with Crippen LogP contribution in [0.15, 0.2) is 48.5 Å². The molecule has 3 N–H and O–H groups in total. The fraction of sp³-hybridized carbons (Fsp3) is 0.320. The summed E-state index contributed by atoms with van der Waals surface area (Å²) in [5.41, 5.74) is 11.4. The van der Waals surface area contributed by atoms with Gasteiger partial charge in [0.1, 0.15) is 0 Å². The van der Waals surface area contributed by atoms with E-state index in [4.69, 9.17) is 5.73 Å². The number of piperidine rings is 1. The molecule has 2 amide bonds. The van der Waals surface area contributed by atoms with Crippen LogP contribution in [0.5, 0.6) is 0 Å². The van der Waals surface area contributed by atoms with Gasteiger partial charge in [0.25, 0.3) is 5.91 Å². The van der Waals surface area contributed by atoms with Crippen LogP contribution >= 0.6 is 0 Å². The van der Waals surface area contributed by atoms with Gasteiger partial charge in [0.05, 0.1) is 24.5 Å². The number of aromatic nitrogens is 2. The molecule has 2 aliphatic rings. The van der Waals surface area contributed by atoms with Crippen LogP contribution in [0.2, 0.25) is 0 Å². The van der Waals surface area contributed by atoms with Gasteiger partial charge in [-0.2, -0.15) is 5.10 Å². The number of rotatable bonds is 5. The van der Waals surface area contributed by atoms with Crippen LogP contribution in [0.25, 0.3) is 5.69 Å². The number of aliphatic hydroxyl groups is 1. The third kappa shape index (κ3) is 3.98. The monoisotopic (exact) mass is 445 g/mol. The van der Waals surface area contributed by atoms with Gasteiger partial charge in [-0.3, -0.25) is 9.59 Å². The summed E-state index contributed by atoms with van der Waals surface area (Å²) < 4.78 is 1.78. The number of benzene rings is 2. The highest BCUT2D eigenvalue weighted by molar-refractivity contribution is 5.94. The molecule has 2 aliphatic heterocycles. The zero-order chi connectivity index (χ0) is 22.9. The van der Waals surface area contributed by atoms with Crippen LogP contribution in [0.1, 0.15) is 46.6 Å². The summed E-state index contributed by atoms with van der Waals surface area (Å²) in [6.07, 6.45) is 3.28. The highest BCUT2D eigenvalue weighted by Crippen LogP contribution is 2.30. The molecule has 0 unspecified atom stereocenters. The van der Waals surface area contributed by atoms with Gasteiger partial charge in [0.2, 0.25) is 5.91 Å². The van der Waals surface area contributed by atoms with E-state index in [1.807, 2.05) is 53.4 Å². The Balaban J connectivity index is 1.44. The van der Waals surface area contributed by atoms with Gasteiger partial charge in [0, 0.05) is 36.4 Å². The summed E-state index contributed by atoms with van der Waals surface area (Å²) in [5, 5.41) is 13.9. The molecule has 0 saturated carbocycles. The highest BCUT2D eigenvalue weighted by Gasteiger charge is 2.28. The molecule has 0 spiro atoms. The molecule has 170 valence electrons. The van der Waals surface area contributed by atoms with Crippen molar-refractivity contribution in [3.63, 3.8) is 0 Å². The molecule has 1 fully saturated rings. The number of primary amides is 1. The molecule has 0 atom stereocenters. The molecule has 0 radical (unpaired) electrons. The predicted octanol–water partition coefficient (Wildman–Crippen LogP) is 2.54. The van der Waals surface area contributed by atoms with Gasteiger partial charge < -0.3 is 20.6 Å². The van der Waals surface area contributed by atoms with Crippen molar-refractivity contribution in [2.24, 2.45) is 5.73 Å². The van der Waals surface area contributed by atoms with E-state index in [9.17, 15) is 14.7 Å². The fourth-order valence-electron chi connectivity index (χ4n) is 4.71. The number of amides is 2. The Kier molecular flexibility index (Phi) is 5.60. The lowest BCUT2D eigenvalue weighted by molar-refractivity contribution is -0.119. The maximum Gasteiger partial charge on any atom is 0.269 e. The summed E-state index contributed by atoms with van der Waals surface area (Å²) in [7, 11) is 0. The van der Waals surface area contributed by atoms with Crippen molar-refractivity contribution in [3.05, 3.63) is 71.0 Å². The minimum Gasteiger partial charge on any atom is -0.392 e. The third-order valence-corrected chi connectivity index (χ3v) is 6.51. The Labute approximate surface area is 192 Å². The second-order valence-corrected chi connectivity index (χ2v) is 8.56. The first-order valence-corrected chi connectivity index (χ1v) is 11.3. The molecule has 2 aromatic carbocycles. The predicted molar refractivity (Wildman–Crippen MR) is 125 cm³/mol. The largest absolute Gasteiger partial charge is 0.392 e. The first-order valence-electron chi connectivity index (χ1n) is 11.3. The maximum atomic E-state index is 12.2. The van der Waals surface area contributed by atoms with Gasteiger partial charge in [0.15, 0.2) is 5.69 Å². The second-order valence-electron chi connectivity index (χ2n) is 8.56. The lowest BCUT2D eigenvalue weighted by Gasteiger charge is -2.31. The molecule has 1 saturated heterocycles. The van der Waals surface area contributed by atoms with Gasteiger partial charge in [-0.25, -0.2) is 4.68 Å². The first kappa shape index (κ1) is 21.2. The second kappa shape index (κ2) is 8.71. The van der Waals surface area contributed by atoms with Crippen molar-refractivity contribution >= 4 is 23.2 Å². The quantitative estimate of drug-likeness (QED) is 0.628. The summed E-state index contributed by atoms with van der Waals surface area (Å²) in [5.74, 6) is -0.340. The number of carbonyl (C=O) groups is 2. The Morgan fingerprint density at radius 2 is 1.64 bits per heavy atom. The molecule has 5 rings (SSSR count). The number of hydrogen-bond donors (Lipinski definition) is 2. The summed E-state index contributed by atoms with van der Waals surface area (Å²) in [6.45, 7) is 2.07. The number of fused-ring (bicyclic) bond motifs is 1. The lowest BCUT2D eigenvalue weighted by Crippen LogP contribution is -2.35. The van der Waals surface area contributed by atoms with E-state index in [-0.39, 0.29) is 12.5 Å². The average molecular weight is 446 g/mol. The smallest absolute Gasteiger partial charge is 0.269 e. The van der Waals surface area contributed by atoms with Crippen molar-refractivity contribution in [2.75, 3.05) is 22.9 Å². The normalized spacial score (nSPS) is 16.1. The van der Waals surface area contributed by atoms with Crippen molar-refractivity contribution < 1.29 is 14.7 Å². The van der Waals surface area contributed by atoms with Crippen molar-refractivity contribution in [1.29, 1.82) is 0 Å². The van der Waals surface area contributed by atoms with Gasteiger partial charge in [-0.05, 0) is 61.2 Å². The summed E-state index contributed by atoms with van der Waals surface area (Å²) in [6, 6.07) is 15.6. The SMILES string of the molecule is NC(=O)c1nn(-c2ccc(CO)cc2)c2c1CCN(c1ccc(N3CCCCC3=O)cc1)C2. The molecule has 1 aromatic heterocycles. The van der Waals surface area contributed by atoms with E-state index >= 15 is 0 Å². The van der Waals surface area contributed by atoms with Gasteiger partial charge in [-0.15, -0.1) is 0 Å². The van der Waals surface area contributed by atoms with Crippen molar-refractivity contribution in [3.8, 4) is 5.69 Å². The topological polar surface area (TPSA) is 105 Å². The Morgan fingerprint density at radius 1 is 0.939 bits per heavy atom. The minimum absolute atomic E-state index is 0.0309. The zero-order valence-corrected chi connectivity index (χ0v) is 18.4. The highest BCUT2D eigenvalue weighted by atomic mass is 16.3. The van der Waals surface area contributed by atoms with Crippen LogP contribution in [0.4, 0.5) is 11.4 Å². The molecule has 3 aromatic rings. The van der Waals surface area contributed by atoms with E-state index in [1.165, 1.54) is 0 Å². The lowest BCUT2D eigenvalue weighted by atomic mass is 10.0. The van der Waals surface area contributed by atoms with Crippen LogP contribution in [0.3, 0.4) is 0 Å². The van der Waals surface area contributed by atoms with Crippen molar-refractivity contribution in [1.82, 2.24) is 9.78 Å². The van der Waals surface area contributed by atoms with Gasteiger partial charge in [-0.1, -0.05) is 12.1 Å². The molecule has 8 nitrogen and oxygen atoms in total. The molecule has 0 aliphatic carbocycles. The molecule has 3 heterocycles. The molecule has 33 heavy (non-hydrogen) atoms. The summed E-state index contributed by atoms with van der Waals surface area (Å²) >= 11 is 0. The fourth-order valence-corrected chi connectivity index (χ4v) is 4.71. The minimum atomic E-state index is -0.527. The van der Waals surface area contributed by atoms with E-state index in [1.54, 1.807) is 4.68 Å². The molecule has 8 heteroatoms. The Morgan fingerprint density at radius 3 is 2.30 bits per heavy atom. The molecular formula is C25H27N5O3. The first-order chi connectivity index (χ1) is 16.0. The number of aliphatic hydroxyl groups excluding tert-OH is 1. The number of nitrogens with two attached hydrogens (primary N) is 1. The molecule has 0 bridgehead atoms. The van der Waals surface area contributed by atoms with E-state index in [0.29, 0.717) is 25.1 Å². The number of nitrogens with zero attached hydrogens (tertiary/aromatic N) is 4. The standard InChI is InChI=1S/C25H27N5O3/c26-25(33)24-21-12-14-28(15-22(21)30(27-24)20-6-4-17(16-31)5-7-20)18-8-10-19(11-9-18)29-13-2-1-3-23(29)32/h4-11,31H,1-3,12-16H2,(H2,26,33). The number of carbonyl (C=O) groups excluding carboxylic acids is 2. The third-order valence-electron chi connectivity index (χ3n) is 6.51. The molecular weight excluding hydrogens is 418 g/mol.